The fourth-order valence-corrected chi connectivity index (χ4v) is 2.94. The maximum Gasteiger partial charge on any atom is 0.226 e. The quantitative estimate of drug-likeness (QED) is 0.941. The standard InChI is InChI=1S/C17H17FN2O3/c1-20-15(21)9-14(16(20)11-4-6-12(18)7-5-11)17(22)19-10-13-3-2-8-23-13/h2-8,14,16H,9-10H2,1H3,(H,19,22)/t14-,16+/m1/s1. The Bertz CT molecular complexity index is 697. The van der Waals surface area contributed by atoms with Gasteiger partial charge in [-0.15, -0.1) is 0 Å². The number of hydrogen-bond donors (Lipinski definition) is 1. The molecule has 2 aromatic rings. The Labute approximate surface area is 133 Å². The van der Waals surface area contributed by atoms with Crippen molar-refractivity contribution in [3.63, 3.8) is 0 Å². The van der Waals surface area contributed by atoms with Crippen LogP contribution >= 0.6 is 0 Å². The van der Waals surface area contributed by atoms with Crippen LogP contribution in [0.4, 0.5) is 4.39 Å². The fraction of sp³-hybridized carbons (Fsp3) is 0.294. The van der Waals surface area contributed by atoms with E-state index in [1.165, 1.54) is 18.4 Å². The third kappa shape index (κ3) is 3.11. The van der Waals surface area contributed by atoms with Crippen LogP contribution in [0.25, 0.3) is 0 Å². The lowest BCUT2D eigenvalue weighted by Gasteiger charge is -2.24. The van der Waals surface area contributed by atoms with Gasteiger partial charge in [0.15, 0.2) is 0 Å². The Kier molecular flexibility index (Phi) is 4.14. The van der Waals surface area contributed by atoms with E-state index in [2.05, 4.69) is 5.32 Å². The summed E-state index contributed by atoms with van der Waals surface area (Å²) in [6, 6.07) is 9.02. The zero-order valence-electron chi connectivity index (χ0n) is 12.7. The number of hydrogen-bond acceptors (Lipinski definition) is 3. The number of likely N-dealkylation sites (tertiary alicyclic amines) is 1. The highest BCUT2D eigenvalue weighted by molar-refractivity contribution is 5.90. The van der Waals surface area contributed by atoms with Gasteiger partial charge < -0.3 is 14.6 Å². The van der Waals surface area contributed by atoms with Crippen LogP contribution < -0.4 is 5.32 Å². The van der Waals surface area contributed by atoms with Crippen molar-refractivity contribution in [2.45, 2.75) is 19.0 Å². The number of furan rings is 1. The molecule has 1 aromatic heterocycles. The Morgan fingerprint density at radius 1 is 1.35 bits per heavy atom. The molecule has 0 spiro atoms. The first kappa shape index (κ1) is 15.3. The smallest absolute Gasteiger partial charge is 0.226 e. The second kappa shape index (κ2) is 6.24. The van der Waals surface area contributed by atoms with Crippen molar-refractivity contribution in [1.82, 2.24) is 10.2 Å². The predicted molar refractivity (Wildman–Crippen MR) is 80.6 cm³/mol. The minimum Gasteiger partial charge on any atom is -0.467 e. The average Bonchev–Trinajstić information content (AvgIpc) is 3.15. The summed E-state index contributed by atoms with van der Waals surface area (Å²) in [5, 5.41) is 2.79. The molecule has 2 heterocycles. The van der Waals surface area contributed by atoms with E-state index >= 15 is 0 Å². The van der Waals surface area contributed by atoms with Gasteiger partial charge in [0, 0.05) is 13.5 Å². The van der Waals surface area contributed by atoms with Gasteiger partial charge in [0.05, 0.1) is 24.8 Å². The predicted octanol–water partition coefficient (Wildman–Crippen LogP) is 2.25. The van der Waals surface area contributed by atoms with Crippen molar-refractivity contribution in [3.05, 3.63) is 59.8 Å². The summed E-state index contributed by atoms with van der Waals surface area (Å²) in [5.74, 6) is -0.521. The van der Waals surface area contributed by atoms with Gasteiger partial charge in [-0.25, -0.2) is 4.39 Å². The molecule has 0 radical (unpaired) electrons. The molecule has 1 N–H and O–H groups in total. The molecular weight excluding hydrogens is 299 g/mol. The van der Waals surface area contributed by atoms with Gasteiger partial charge in [0.25, 0.3) is 0 Å². The average molecular weight is 316 g/mol. The van der Waals surface area contributed by atoms with Crippen molar-refractivity contribution in [3.8, 4) is 0 Å². The largest absolute Gasteiger partial charge is 0.467 e. The highest BCUT2D eigenvalue weighted by Gasteiger charge is 2.42. The Balaban J connectivity index is 1.76. The second-order valence-electron chi connectivity index (χ2n) is 5.61. The molecule has 1 aromatic carbocycles. The summed E-state index contributed by atoms with van der Waals surface area (Å²) in [7, 11) is 1.66. The van der Waals surface area contributed by atoms with E-state index in [0.29, 0.717) is 5.76 Å². The van der Waals surface area contributed by atoms with Crippen LogP contribution in [-0.4, -0.2) is 23.8 Å². The zero-order valence-corrected chi connectivity index (χ0v) is 12.7. The van der Waals surface area contributed by atoms with Gasteiger partial charge in [-0.05, 0) is 29.8 Å². The van der Waals surface area contributed by atoms with Crippen LogP contribution in [0.1, 0.15) is 23.8 Å². The molecule has 5 nitrogen and oxygen atoms in total. The first-order valence-corrected chi connectivity index (χ1v) is 7.37. The number of nitrogens with one attached hydrogen (secondary N) is 1. The molecule has 3 rings (SSSR count). The minimum atomic E-state index is -0.507. The lowest BCUT2D eigenvalue weighted by Crippen LogP contribution is -2.34. The first-order chi connectivity index (χ1) is 11.1. The van der Waals surface area contributed by atoms with E-state index in [-0.39, 0.29) is 36.6 Å². The number of carbonyl (C=O) groups excluding carboxylic acids is 2. The number of halogens is 1. The van der Waals surface area contributed by atoms with Crippen LogP contribution in [0.3, 0.4) is 0 Å². The summed E-state index contributed by atoms with van der Waals surface area (Å²) in [4.78, 5) is 26.0. The van der Waals surface area contributed by atoms with Crippen LogP contribution in [0, 0.1) is 11.7 Å². The molecular formula is C17H17FN2O3. The lowest BCUT2D eigenvalue weighted by atomic mass is 9.93. The topological polar surface area (TPSA) is 62.6 Å². The summed E-state index contributed by atoms with van der Waals surface area (Å²) >= 11 is 0. The van der Waals surface area contributed by atoms with E-state index in [1.54, 1.807) is 36.2 Å². The van der Waals surface area contributed by atoms with Gasteiger partial charge in [-0.2, -0.15) is 0 Å². The van der Waals surface area contributed by atoms with E-state index in [4.69, 9.17) is 4.42 Å². The maximum absolute atomic E-state index is 13.1. The molecule has 2 atom stereocenters. The van der Waals surface area contributed by atoms with Crippen LogP contribution in [0.2, 0.25) is 0 Å². The number of amides is 2. The summed E-state index contributed by atoms with van der Waals surface area (Å²) in [5.41, 5.74) is 0.748. The summed E-state index contributed by atoms with van der Waals surface area (Å²) in [6.45, 7) is 0.274. The Morgan fingerprint density at radius 3 is 2.74 bits per heavy atom. The summed E-state index contributed by atoms with van der Waals surface area (Å²) < 4.78 is 18.3. The molecule has 2 amide bonds. The van der Waals surface area contributed by atoms with Crippen LogP contribution in [0.5, 0.6) is 0 Å². The molecule has 1 aliphatic rings. The first-order valence-electron chi connectivity index (χ1n) is 7.37. The number of benzene rings is 1. The minimum absolute atomic E-state index is 0.0996. The molecule has 0 aliphatic carbocycles. The number of nitrogens with zero attached hydrogens (tertiary/aromatic N) is 1. The molecule has 0 bridgehead atoms. The van der Waals surface area contributed by atoms with Crippen molar-refractivity contribution >= 4 is 11.8 Å². The number of carbonyl (C=O) groups is 2. The molecule has 6 heteroatoms. The molecule has 0 unspecified atom stereocenters. The van der Waals surface area contributed by atoms with Crippen molar-refractivity contribution < 1.29 is 18.4 Å². The van der Waals surface area contributed by atoms with Gasteiger partial charge in [-0.1, -0.05) is 12.1 Å². The molecule has 120 valence electrons. The van der Waals surface area contributed by atoms with Crippen LogP contribution in [0.15, 0.2) is 47.1 Å². The molecule has 1 fully saturated rings. The lowest BCUT2D eigenvalue weighted by molar-refractivity contribution is -0.128. The third-order valence-corrected chi connectivity index (χ3v) is 4.15. The normalized spacial score (nSPS) is 20.8. The number of rotatable bonds is 4. The molecule has 1 aliphatic heterocycles. The highest BCUT2D eigenvalue weighted by Crippen LogP contribution is 2.37. The Morgan fingerprint density at radius 2 is 2.09 bits per heavy atom. The van der Waals surface area contributed by atoms with Gasteiger partial charge in [0.2, 0.25) is 11.8 Å². The Hall–Kier alpha value is -2.63. The summed E-state index contributed by atoms with van der Waals surface area (Å²) in [6.07, 6.45) is 1.68. The fourth-order valence-electron chi connectivity index (χ4n) is 2.94. The van der Waals surface area contributed by atoms with Gasteiger partial charge in [-0.3, -0.25) is 9.59 Å². The van der Waals surface area contributed by atoms with Crippen molar-refractivity contribution in [1.29, 1.82) is 0 Å². The van der Waals surface area contributed by atoms with Crippen molar-refractivity contribution in [2.75, 3.05) is 7.05 Å². The molecule has 0 saturated carbocycles. The van der Waals surface area contributed by atoms with E-state index in [1.807, 2.05) is 0 Å². The monoisotopic (exact) mass is 316 g/mol. The maximum atomic E-state index is 13.1. The SMILES string of the molecule is CN1C(=O)C[C@@H](C(=O)NCc2ccco2)[C@@H]1c1ccc(F)cc1. The van der Waals surface area contributed by atoms with E-state index < -0.39 is 5.92 Å². The second-order valence-corrected chi connectivity index (χ2v) is 5.61. The van der Waals surface area contributed by atoms with Crippen molar-refractivity contribution in [2.24, 2.45) is 5.92 Å². The van der Waals surface area contributed by atoms with Crippen LogP contribution in [-0.2, 0) is 16.1 Å². The van der Waals surface area contributed by atoms with Gasteiger partial charge >= 0.3 is 0 Å². The van der Waals surface area contributed by atoms with E-state index in [9.17, 15) is 14.0 Å². The third-order valence-electron chi connectivity index (χ3n) is 4.15. The molecule has 1 saturated heterocycles. The molecule has 23 heavy (non-hydrogen) atoms. The van der Waals surface area contributed by atoms with E-state index in [0.717, 1.165) is 5.56 Å². The zero-order chi connectivity index (χ0) is 16.4. The van der Waals surface area contributed by atoms with Gasteiger partial charge in [0.1, 0.15) is 11.6 Å². The highest BCUT2D eigenvalue weighted by atomic mass is 19.1.